The molecule has 6 heteroatoms. The molecule has 2 aliphatic heterocycles. The maximum absolute atomic E-state index is 12.8. The second-order valence-electron chi connectivity index (χ2n) is 7.34. The first kappa shape index (κ1) is 19.8. The number of hydrogen-bond donors (Lipinski definition) is 1. The number of morpholine rings is 1. The molecule has 2 fully saturated rings. The molecule has 0 spiro atoms. The minimum atomic E-state index is -0.267. The van der Waals surface area contributed by atoms with Gasteiger partial charge in [-0.2, -0.15) is 0 Å². The Bertz CT molecular complexity index is 648. The van der Waals surface area contributed by atoms with Gasteiger partial charge in [0.1, 0.15) is 0 Å². The Balaban J connectivity index is 1.57. The number of aryl methyl sites for hydroxylation is 2. The van der Waals surface area contributed by atoms with E-state index >= 15 is 0 Å². The Morgan fingerprint density at radius 2 is 1.81 bits per heavy atom. The number of likely N-dealkylation sites (tertiary alicyclic amines) is 1. The predicted octanol–water partition coefficient (Wildman–Crippen LogP) is 1.93. The van der Waals surface area contributed by atoms with Gasteiger partial charge in [0, 0.05) is 44.8 Å². The van der Waals surface area contributed by atoms with Crippen molar-refractivity contribution in [3.05, 3.63) is 29.3 Å². The van der Waals surface area contributed by atoms with Crippen LogP contribution in [0.5, 0.6) is 0 Å². The van der Waals surface area contributed by atoms with E-state index in [0.717, 1.165) is 62.5 Å². The van der Waals surface area contributed by atoms with Crippen LogP contribution in [0.4, 0.5) is 5.69 Å². The van der Waals surface area contributed by atoms with Crippen LogP contribution < -0.4 is 5.32 Å². The van der Waals surface area contributed by atoms with Gasteiger partial charge in [0.25, 0.3) is 0 Å². The molecule has 1 aromatic rings. The molecule has 0 radical (unpaired) electrons. The number of carbonyl (C=O) groups is 2. The average molecular weight is 373 g/mol. The summed E-state index contributed by atoms with van der Waals surface area (Å²) in [6, 6.07) is 6.16. The lowest BCUT2D eigenvalue weighted by molar-refractivity contribution is -0.128. The molecule has 3 rings (SSSR count). The van der Waals surface area contributed by atoms with Gasteiger partial charge in [-0.25, -0.2) is 0 Å². The molecule has 27 heavy (non-hydrogen) atoms. The van der Waals surface area contributed by atoms with Gasteiger partial charge in [0.15, 0.2) is 0 Å². The Hall–Kier alpha value is -1.92. The molecule has 148 valence electrons. The van der Waals surface area contributed by atoms with E-state index in [1.807, 2.05) is 11.0 Å². The number of amides is 2. The molecule has 2 saturated heterocycles. The highest BCUT2D eigenvalue weighted by Crippen LogP contribution is 2.25. The van der Waals surface area contributed by atoms with Crippen LogP contribution in [0.15, 0.2) is 18.2 Å². The van der Waals surface area contributed by atoms with Crippen molar-refractivity contribution in [2.75, 3.05) is 51.3 Å². The molecule has 6 nitrogen and oxygen atoms in total. The van der Waals surface area contributed by atoms with Crippen LogP contribution in [0.2, 0.25) is 0 Å². The Morgan fingerprint density at radius 3 is 2.44 bits per heavy atom. The van der Waals surface area contributed by atoms with Crippen molar-refractivity contribution in [2.45, 2.75) is 33.1 Å². The summed E-state index contributed by atoms with van der Waals surface area (Å²) < 4.78 is 5.36. The first-order chi connectivity index (χ1) is 13.1. The quantitative estimate of drug-likeness (QED) is 0.793. The van der Waals surface area contributed by atoms with Crippen LogP contribution in [0, 0.1) is 5.92 Å². The van der Waals surface area contributed by atoms with Gasteiger partial charge in [-0.3, -0.25) is 14.5 Å². The number of nitrogens with zero attached hydrogens (tertiary/aromatic N) is 2. The normalized spacial score (nSPS) is 20.9. The molecular weight excluding hydrogens is 342 g/mol. The fourth-order valence-corrected chi connectivity index (χ4v) is 3.88. The summed E-state index contributed by atoms with van der Waals surface area (Å²) >= 11 is 0. The van der Waals surface area contributed by atoms with E-state index in [4.69, 9.17) is 4.74 Å². The lowest BCUT2D eigenvalue weighted by Gasteiger charge is -2.28. The highest BCUT2D eigenvalue weighted by Gasteiger charge is 2.34. The maximum atomic E-state index is 12.8. The number of benzene rings is 1. The van der Waals surface area contributed by atoms with Gasteiger partial charge < -0.3 is 15.0 Å². The molecule has 0 saturated carbocycles. The van der Waals surface area contributed by atoms with Crippen molar-refractivity contribution < 1.29 is 14.3 Å². The number of para-hydroxylation sites is 1. The summed E-state index contributed by atoms with van der Waals surface area (Å²) in [5, 5.41) is 3.12. The zero-order valence-corrected chi connectivity index (χ0v) is 16.5. The smallest absolute Gasteiger partial charge is 0.229 e. The van der Waals surface area contributed by atoms with Crippen molar-refractivity contribution in [1.82, 2.24) is 9.80 Å². The Kier molecular flexibility index (Phi) is 6.85. The van der Waals surface area contributed by atoms with Crippen LogP contribution in [-0.2, 0) is 27.2 Å². The van der Waals surface area contributed by atoms with Crippen LogP contribution >= 0.6 is 0 Å². The van der Waals surface area contributed by atoms with E-state index in [0.29, 0.717) is 19.5 Å². The number of carbonyl (C=O) groups excluding carboxylic acids is 2. The largest absolute Gasteiger partial charge is 0.379 e. The minimum absolute atomic E-state index is 0.0344. The lowest BCUT2D eigenvalue weighted by atomic mass is 10.0. The number of ether oxygens (including phenoxy) is 1. The third kappa shape index (κ3) is 4.87. The van der Waals surface area contributed by atoms with E-state index in [1.165, 1.54) is 0 Å². The summed E-state index contributed by atoms with van der Waals surface area (Å²) in [5.41, 5.74) is 3.24. The summed E-state index contributed by atoms with van der Waals surface area (Å²) in [6.07, 6.45) is 2.06. The molecule has 1 atom stereocenters. The van der Waals surface area contributed by atoms with Gasteiger partial charge in [0.2, 0.25) is 11.8 Å². The first-order valence-electron chi connectivity index (χ1n) is 10.1. The molecular formula is C21H31N3O3. The highest BCUT2D eigenvalue weighted by atomic mass is 16.5. The number of anilines is 1. The summed E-state index contributed by atoms with van der Waals surface area (Å²) in [4.78, 5) is 29.3. The molecule has 2 aliphatic rings. The van der Waals surface area contributed by atoms with Gasteiger partial charge >= 0.3 is 0 Å². The fraction of sp³-hybridized carbons (Fsp3) is 0.619. The third-order valence-electron chi connectivity index (χ3n) is 5.62. The fourth-order valence-electron chi connectivity index (χ4n) is 3.88. The zero-order valence-electron chi connectivity index (χ0n) is 16.5. The second kappa shape index (κ2) is 9.33. The minimum Gasteiger partial charge on any atom is -0.379 e. The molecule has 0 aliphatic carbocycles. The van der Waals surface area contributed by atoms with Crippen molar-refractivity contribution >= 4 is 17.5 Å². The monoisotopic (exact) mass is 373 g/mol. The van der Waals surface area contributed by atoms with Gasteiger partial charge in [-0.15, -0.1) is 0 Å². The third-order valence-corrected chi connectivity index (χ3v) is 5.62. The van der Waals surface area contributed by atoms with Crippen molar-refractivity contribution in [2.24, 2.45) is 5.92 Å². The van der Waals surface area contributed by atoms with Gasteiger partial charge in [0.05, 0.1) is 19.1 Å². The summed E-state index contributed by atoms with van der Waals surface area (Å²) in [5.74, 6) is -0.215. The van der Waals surface area contributed by atoms with E-state index in [-0.39, 0.29) is 17.7 Å². The van der Waals surface area contributed by atoms with Gasteiger partial charge in [-0.1, -0.05) is 32.0 Å². The molecule has 2 heterocycles. The van der Waals surface area contributed by atoms with Crippen molar-refractivity contribution in [1.29, 1.82) is 0 Å². The molecule has 2 amide bonds. The average Bonchev–Trinajstić information content (AvgIpc) is 3.08. The van der Waals surface area contributed by atoms with E-state index in [2.05, 4.69) is 36.2 Å². The molecule has 1 N–H and O–H groups in total. The second-order valence-corrected chi connectivity index (χ2v) is 7.34. The van der Waals surface area contributed by atoms with Crippen LogP contribution in [0.1, 0.15) is 31.4 Å². The topological polar surface area (TPSA) is 61.9 Å². The highest BCUT2D eigenvalue weighted by molar-refractivity contribution is 5.98. The molecule has 1 unspecified atom stereocenters. The maximum Gasteiger partial charge on any atom is 0.229 e. The molecule has 1 aromatic carbocycles. The van der Waals surface area contributed by atoms with Crippen LogP contribution in [0.25, 0.3) is 0 Å². The Labute approximate surface area is 161 Å². The van der Waals surface area contributed by atoms with Crippen molar-refractivity contribution in [3.8, 4) is 0 Å². The van der Waals surface area contributed by atoms with Crippen LogP contribution in [0.3, 0.4) is 0 Å². The zero-order chi connectivity index (χ0) is 19.2. The number of rotatable bonds is 7. The van der Waals surface area contributed by atoms with Crippen LogP contribution in [-0.4, -0.2) is 67.6 Å². The lowest BCUT2D eigenvalue weighted by Crippen LogP contribution is -2.42. The van der Waals surface area contributed by atoms with E-state index in [9.17, 15) is 9.59 Å². The first-order valence-corrected chi connectivity index (χ1v) is 10.1. The predicted molar refractivity (Wildman–Crippen MR) is 106 cm³/mol. The molecule has 0 aromatic heterocycles. The van der Waals surface area contributed by atoms with E-state index in [1.54, 1.807) is 0 Å². The van der Waals surface area contributed by atoms with Crippen molar-refractivity contribution in [3.63, 3.8) is 0 Å². The summed E-state index contributed by atoms with van der Waals surface area (Å²) in [7, 11) is 0. The SMILES string of the molecule is CCc1cccc(CC)c1NC(=O)C1CC(=O)N(CCN2CCOCC2)C1. The van der Waals surface area contributed by atoms with E-state index < -0.39 is 0 Å². The van der Waals surface area contributed by atoms with Gasteiger partial charge in [-0.05, 0) is 24.0 Å². The standard InChI is InChI=1S/C21H31N3O3/c1-3-16-6-5-7-17(4-2)20(16)22-21(26)18-14-19(25)24(15-18)9-8-23-10-12-27-13-11-23/h5-7,18H,3-4,8-15H2,1-2H3,(H,22,26). The summed E-state index contributed by atoms with van der Waals surface area (Å²) in [6.45, 7) is 9.60. The molecule has 0 bridgehead atoms. The number of nitrogens with one attached hydrogen (secondary N) is 1. The Morgan fingerprint density at radius 1 is 1.15 bits per heavy atom. The number of hydrogen-bond acceptors (Lipinski definition) is 4.